The number of hydrogen-bond donors (Lipinski definition) is 2. The Hall–Kier alpha value is -2.51. The van der Waals surface area contributed by atoms with Crippen LogP contribution < -0.4 is 11.0 Å². The number of benzene rings is 2. The Morgan fingerprint density at radius 3 is 2.56 bits per heavy atom. The van der Waals surface area contributed by atoms with E-state index in [0.29, 0.717) is 15.9 Å². The third kappa shape index (κ3) is 4.26. The minimum Gasteiger partial charge on any atom is -0.324 e. The zero-order valence-electron chi connectivity index (χ0n) is 15.2. The van der Waals surface area contributed by atoms with E-state index < -0.39 is 0 Å². The number of H-pyrrole nitrogens is 1. The Morgan fingerprint density at radius 2 is 1.89 bits per heavy atom. The highest BCUT2D eigenvalue weighted by molar-refractivity contribution is 7.99. The molecule has 0 saturated carbocycles. The van der Waals surface area contributed by atoms with Gasteiger partial charge < -0.3 is 5.32 Å². The predicted molar refractivity (Wildman–Crippen MR) is 109 cm³/mol. The highest BCUT2D eigenvalue weighted by Crippen LogP contribution is 2.25. The van der Waals surface area contributed by atoms with Crippen molar-refractivity contribution in [1.29, 1.82) is 0 Å². The van der Waals surface area contributed by atoms with Crippen LogP contribution in [0.3, 0.4) is 0 Å². The Morgan fingerprint density at radius 1 is 1.22 bits per heavy atom. The molecule has 27 heavy (non-hydrogen) atoms. The van der Waals surface area contributed by atoms with Crippen molar-refractivity contribution >= 4 is 35.0 Å². The lowest BCUT2D eigenvalue weighted by Gasteiger charge is -2.13. The molecule has 3 rings (SSSR count). The van der Waals surface area contributed by atoms with Crippen LogP contribution in [0.25, 0.3) is 5.69 Å². The monoisotopic (exact) mass is 402 g/mol. The van der Waals surface area contributed by atoms with Crippen molar-refractivity contribution in [2.45, 2.75) is 25.9 Å². The molecule has 6 nitrogen and oxygen atoms in total. The van der Waals surface area contributed by atoms with Crippen molar-refractivity contribution in [2.75, 3.05) is 11.1 Å². The number of carbonyl (C=O) groups excluding carboxylic acids is 1. The van der Waals surface area contributed by atoms with Crippen LogP contribution >= 0.6 is 23.4 Å². The summed E-state index contributed by atoms with van der Waals surface area (Å²) in [6, 6.07) is 11.1. The van der Waals surface area contributed by atoms with E-state index in [0.717, 1.165) is 22.4 Å². The van der Waals surface area contributed by atoms with Gasteiger partial charge in [-0.3, -0.25) is 4.79 Å². The van der Waals surface area contributed by atoms with Gasteiger partial charge in [0, 0.05) is 0 Å². The molecule has 1 heterocycles. The fourth-order valence-electron chi connectivity index (χ4n) is 2.98. The van der Waals surface area contributed by atoms with Crippen molar-refractivity contribution in [2.24, 2.45) is 0 Å². The first-order valence-corrected chi connectivity index (χ1v) is 9.66. The SMILES string of the molecule is Cc1cc(C)c(-n2c(SCC(=O)Nc3ccccc3Cl)n[nH]c2=O)c(C)c1. The van der Waals surface area contributed by atoms with Gasteiger partial charge >= 0.3 is 5.69 Å². The molecule has 0 spiro atoms. The number of nitrogens with one attached hydrogen (secondary N) is 2. The molecule has 2 N–H and O–H groups in total. The van der Waals surface area contributed by atoms with Crippen LogP contribution in [0.4, 0.5) is 5.69 Å². The first-order chi connectivity index (χ1) is 12.9. The molecule has 1 aromatic heterocycles. The summed E-state index contributed by atoms with van der Waals surface area (Å²) >= 11 is 7.24. The third-order valence-corrected chi connectivity index (χ3v) is 5.25. The summed E-state index contributed by atoms with van der Waals surface area (Å²) in [6.07, 6.45) is 0. The van der Waals surface area contributed by atoms with E-state index in [1.54, 1.807) is 24.3 Å². The number of nitrogens with zero attached hydrogens (tertiary/aromatic N) is 2. The summed E-state index contributed by atoms with van der Waals surface area (Å²) in [4.78, 5) is 24.6. The van der Waals surface area contributed by atoms with Gasteiger partial charge in [-0.2, -0.15) is 0 Å². The van der Waals surface area contributed by atoms with Crippen LogP contribution in [0, 0.1) is 20.8 Å². The van der Waals surface area contributed by atoms with E-state index in [2.05, 4.69) is 15.5 Å². The molecule has 8 heteroatoms. The molecule has 0 atom stereocenters. The van der Waals surface area contributed by atoms with E-state index in [1.165, 1.54) is 16.3 Å². The van der Waals surface area contributed by atoms with Gasteiger partial charge in [-0.15, -0.1) is 5.10 Å². The van der Waals surface area contributed by atoms with Crippen LogP contribution in [0.2, 0.25) is 5.02 Å². The number of halogens is 1. The fourth-order valence-corrected chi connectivity index (χ4v) is 3.91. The fraction of sp³-hybridized carbons (Fsp3) is 0.211. The Kier molecular flexibility index (Phi) is 5.72. The van der Waals surface area contributed by atoms with Crippen LogP contribution in [0.1, 0.15) is 16.7 Å². The Balaban J connectivity index is 1.81. The Labute approximate surface area is 165 Å². The molecule has 0 fully saturated rings. The molecular formula is C19H19ClN4O2S. The number of aryl methyl sites for hydroxylation is 3. The molecule has 0 bridgehead atoms. The number of thioether (sulfide) groups is 1. The molecule has 0 aliphatic rings. The van der Waals surface area contributed by atoms with E-state index in [9.17, 15) is 9.59 Å². The maximum absolute atomic E-state index is 12.3. The van der Waals surface area contributed by atoms with Crippen molar-refractivity contribution in [3.05, 3.63) is 68.6 Å². The zero-order chi connectivity index (χ0) is 19.6. The zero-order valence-corrected chi connectivity index (χ0v) is 16.7. The molecule has 1 amide bonds. The molecule has 0 radical (unpaired) electrons. The van der Waals surface area contributed by atoms with Gasteiger partial charge in [-0.1, -0.05) is 53.2 Å². The summed E-state index contributed by atoms with van der Waals surface area (Å²) in [6.45, 7) is 5.91. The number of rotatable bonds is 5. The van der Waals surface area contributed by atoms with Crippen LogP contribution in [-0.2, 0) is 4.79 Å². The highest BCUT2D eigenvalue weighted by Gasteiger charge is 2.17. The van der Waals surface area contributed by atoms with E-state index in [1.807, 2.05) is 32.9 Å². The van der Waals surface area contributed by atoms with Crippen LogP contribution in [0.15, 0.2) is 46.3 Å². The summed E-state index contributed by atoms with van der Waals surface area (Å²) in [7, 11) is 0. The van der Waals surface area contributed by atoms with Gasteiger partial charge in [0.05, 0.1) is 22.2 Å². The highest BCUT2D eigenvalue weighted by atomic mass is 35.5. The second kappa shape index (κ2) is 8.02. The summed E-state index contributed by atoms with van der Waals surface area (Å²) in [5, 5.41) is 10.2. The number of hydrogen-bond acceptors (Lipinski definition) is 4. The molecule has 0 saturated heterocycles. The van der Waals surface area contributed by atoms with Crippen LogP contribution in [0.5, 0.6) is 0 Å². The smallest absolute Gasteiger partial charge is 0.324 e. The lowest BCUT2D eigenvalue weighted by molar-refractivity contribution is -0.113. The summed E-state index contributed by atoms with van der Waals surface area (Å²) in [5.74, 6) is -0.133. The quantitative estimate of drug-likeness (QED) is 0.635. The van der Waals surface area contributed by atoms with Crippen molar-refractivity contribution in [3.8, 4) is 5.69 Å². The number of aromatic nitrogens is 3. The molecule has 140 valence electrons. The number of para-hydroxylation sites is 1. The van der Waals surface area contributed by atoms with Gasteiger partial charge in [-0.05, 0) is 44.0 Å². The van der Waals surface area contributed by atoms with E-state index in [-0.39, 0.29) is 17.3 Å². The van der Waals surface area contributed by atoms with Gasteiger partial charge in [0.2, 0.25) is 5.91 Å². The number of carbonyl (C=O) groups is 1. The lowest BCUT2D eigenvalue weighted by atomic mass is 10.1. The predicted octanol–water partition coefficient (Wildman–Crippen LogP) is 3.87. The van der Waals surface area contributed by atoms with Gasteiger partial charge in [0.25, 0.3) is 0 Å². The summed E-state index contributed by atoms with van der Waals surface area (Å²) < 4.78 is 1.51. The van der Waals surface area contributed by atoms with E-state index >= 15 is 0 Å². The largest absolute Gasteiger partial charge is 0.348 e. The molecule has 0 aliphatic heterocycles. The van der Waals surface area contributed by atoms with Gasteiger partial charge in [0.1, 0.15) is 0 Å². The second-order valence-corrected chi connectivity index (χ2v) is 7.56. The second-order valence-electron chi connectivity index (χ2n) is 6.21. The maximum Gasteiger partial charge on any atom is 0.348 e. The molecule has 3 aromatic rings. The number of amides is 1. The topological polar surface area (TPSA) is 79.8 Å². The summed E-state index contributed by atoms with van der Waals surface area (Å²) in [5.41, 5.74) is 4.07. The van der Waals surface area contributed by atoms with Gasteiger partial charge in [-0.25, -0.2) is 14.5 Å². The molecular weight excluding hydrogens is 384 g/mol. The average molecular weight is 403 g/mol. The third-order valence-electron chi connectivity index (χ3n) is 3.98. The van der Waals surface area contributed by atoms with Gasteiger partial charge in [0.15, 0.2) is 5.16 Å². The normalized spacial score (nSPS) is 10.8. The van der Waals surface area contributed by atoms with Crippen molar-refractivity contribution in [1.82, 2.24) is 14.8 Å². The first kappa shape index (κ1) is 19.3. The average Bonchev–Trinajstić information content (AvgIpc) is 2.95. The Bertz CT molecular complexity index is 1030. The maximum atomic E-state index is 12.3. The van der Waals surface area contributed by atoms with Crippen molar-refractivity contribution < 1.29 is 4.79 Å². The molecule has 0 aliphatic carbocycles. The first-order valence-electron chi connectivity index (χ1n) is 8.29. The standard InChI is InChI=1S/C19H19ClN4O2S/c1-11-8-12(2)17(13(3)9-11)24-18(26)22-23-19(24)27-10-16(25)21-15-7-5-4-6-14(15)20/h4-9H,10H2,1-3H3,(H,21,25)(H,22,26). The minimum atomic E-state index is -0.334. The number of anilines is 1. The van der Waals surface area contributed by atoms with E-state index in [4.69, 9.17) is 11.6 Å². The van der Waals surface area contributed by atoms with Crippen molar-refractivity contribution in [3.63, 3.8) is 0 Å². The minimum absolute atomic E-state index is 0.0967. The lowest BCUT2D eigenvalue weighted by Crippen LogP contribution is -2.19. The molecule has 0 unspecified atom stereocenters. The number of aromatic amines is 1. The van der Waals surface area contributed by atoms with Crippen LogP contribution in [-0.4, -0.2) is 26.4 Å². The molecule has 2 aromatic carbocycles.